The molecule has 3 rings (SSSR count). The molecule has 1 aliphatic rings. The van der Waals surface area contributed by atoms with Crippen LogP contribution in [0.5, 0.6) is 0 Å². The van der Waals surface area contributed by atoms with Crippen molar-refractivity contribution < 1.29 is 9.84 Å². The van der Waals surface area contributed by atoms with Gasteiger partial charge in [-0.1, -0.05) is 29.8 Å². The minimum Gasteiger partial charge on any atom is -0.396 e. The molecule has 5 heteroatoms. The van der Waals surface area contributed by atoms with Gasteiger partial charge in [0.25, 0.3) is 0 Å². The zero-order chi connectivity index (χ0) is 16.1. The van der Waals surface area contributed by atoms with Crippen LogP contribution in [-0.2, 0) is 11.3 Å². The Morgan fingerprint density at radius 1 is 1.26 bits per heavy atom. The average Bonchev–Trinajstić information content (AvgIpc) is 3.05. The summed E-state index contributed by atoms with van der Waals surface area (Å²) in [6.45, 7) is 5.44. The van der Waals surface area contributed by atoms with E-state index in [0.29, 0.717) is 0 Å². The lowest BCUT2D eigenvalue weighted by molar-refractivity contribution is -0.0153. The van der Waals surface area contributed by atoms with Crippen LogP contribution in [0.2, 0.25) is 0 Å². The normalized spacial score (nSPS) is 17.3. The maximum Gasteiger partial charge on any atom is 0.123 e. The zero-order valence-electron chi connectivity index (χ0n) is 13.5. The fourth-order valence-corrected chi connectivity index (χ4v) is 3.75. The number of aliphatic hydroxyl groups is 1. The highest BCUT2D eigenvalue weighted by atomic mass is 32.1. The van der Waals surface area contributed by atoms with Crippen molar-refractivity contribution in [3.63, 3.8) is 0 Å². The molecule has 0 radical (unpaired) electrons. The Morgan fingerprint density at radius 2 is 2.00 bits per heavy atom. The summed E-state index contributed by atoms with van der Waals surface area (Å²) >= 11 is 1.72. The second kappa shape index (κ2) is 7.53. The topological polar surface area (TPSA) is 54.4 Å². The number of aliphatic hydroxyl groups excluding tert-OH is 1. The number of hydrogen-bond acceptors (Lipinski definition) is 5. The summed E-state index contributed by atoms with van der Waals surface area (Å²) in [4.78, 5) is 5.75. The van der Waals surface area contributed by atoms with Crippen LogP contribution >= 0.6 is 11.3 Å². The molecule has 0 atom stereocenters. The molecule has 4 nitrogen and oxygen atoms in total. The first kappa shape index (κ1) is 16.6. The van der Waals surface area contributed by atoms with Crippen molar-refractivity contribution in [3.8, 4) is 10.6 Å². The van der Waals surface area contributed by atoms with E-state index in [-0.39, 0.29) is 12.0 Å². The standard InChI is InChI=1S/C18H24N2O2S/c1-14-2-4-15(5-3-14)17-20-11-16(23-17)10-19-12-18(13-21)6-8-22-9-7-18/h2-5,11,19,21H,6-10,12-13H2,1H3. The van der Waals surface area contributed by atoms with Gasteiger partial charge in [-0.2, -0.15) is 0 Å². The Kier molecular flexibility index (Phi) is 5.43. The van der Waals surface area contributed by atoms with Crippen molar-refractivity contribution in [2.75, 3.05) is 26.4 Å². The minimum absolute atomic E-state index is 0.0251. The predicted octanol–water partition coefficient (Wildman–Crippen LogP) is 3.00. The molecule has 1 fully saturated rings. The molecule has 1 saturated heterocycles. The lowest BCUT2D eigenvalue weighted by Crippen LogP contribution is -2.41. The van der Waals surface area contributed by atoms with E-state index in [4.69, 9.17) is 4.74 Å². The Balaban J connectivity index is 1.56. The highest BCUT2D eigenvalue weighted by molar-refractivity contribution is 7.15. The Morgan fingerprint density at radius 3 is 2.70 bits per heavy atom. The molecular weight excluding hydrogens is 308 g/mol. The summed E-state index contributed by atoms with van der Waals surface area (Å²) in [7, 11) is 0. The molecule has 0 unspecified atom stereocenters. The van der Waals surface area contributed by atoms with Gasteiger partial charge in [0.2, 0.25) is 0 Å². The molecular formula is C18H24N2O2S. The van der Waals surface area contributed by atoms with Gasteiger partial charge in [0.15, 0.2) is 0 Å². The summed E-state index contributed by atoms with van der Waals surface area (Å²) in [5.41, 5.74) is 2.41. The van der Waals surface area contributed by atoms with Crippen LogP contribution in [0.4, 0.5) is 0 Å². The van der Waals surface area contributed by atoms with E-state index in [1.165, 1.54) is 16.0 Å². The van der Waals surface area contributed by atoms with Crippen molar-refractivity contribution in [1.29, 1.82) is 0 Å². The van der Waals surface area contributed by atoms with E-state index >= 15 is 0 Å². The van der Waals surface area contributed by atoms with Crippen LogP contribution in [0, 0.1) is 12.3 Å². The quantitative estimate of drug-likeness (QED) is 0.854. The number of nitrogens with one attached hydrogen (secondary N) is 1. The molecule has 2 heterocycles. The number of benzene rings is 1. The smallest absolute Gasteiger partial charge is 0.123 e. The second-order valence-corrected chi connectivity index (χ2v) is 7.49. The molecule has 0 bridgehead atoms. The van der Waals surface area contributed by atoms with Gasteiger partial charge in [0.05, 0.1) is 6.61 Å². The lowest BCUT2D eigenvalue weighted by Gasteiger charge is -2.35. The predicted molar refractivity (Wildman–Crippen MR) is 93.6 cm³/mol. The van der Waals surface area contributed by atoms with E-state index in [1.54, 1.807) is 11.3 Å². The van der Waals surface area contributed by atoms with Gasteiger partial charge in [-0.05, 0) is 19.8 Å². The molecule has 1 aromatic heterocycles. The second-order valence-electron chi connectivity index (χ2n) is 6.37. The number of thiazole rings is 1. The number of ether oxygens (including phenoxy) is 1. The number of aromatic nitrogens is 1. The highest BCUT2D eigenvalue weighted by Crippen LogP contribution is 2.29. The van der Waals surface area contributed by atoms with Gasteiger partial charge in [-0.3, -0.25) is 0 Å². The van der Waals surface area contributed by atoms with Crippen LogP contribution in [-0.4, -0.2) is 36.5 Å². The molecule has 0 spiro atoms. The van der Waals surface area contributed by atoms with Crippen molar-refractivity contribution in [3.05, 3.63) is 40.9 Å². The average molecular weight is 332 g/mol. The van der Waals surface area contributed by atoms with Crippen LogP contribution in [0.1, 0.15) is 23.3 Å². The summed E-state index contributed by atoms with van der Waals surface area (Å²) < 4.78 is 5.41. The van der Waals surface area contributed by atoms with Crippen LogP contribution in [0.25, 0.3) is 10.6 Å². The summed E-state index contributed by atoms with van der Waals surface area (Å²) in [6, 6.07) is 8.47. The molecule has 2 N–H and O–H groups in total. The van der Waals surface area contributed by atoms with Gasteiger partial charge in [0, 0.05) is 48.4 Å². The molecule has 23 heavy (non-hydrogen) atoms. The molecule has 124 valence electrons. The number of rotatable bonds is 6. The molecule has 0 saturated carbocycles. The fourth-order valence-electron chi connectivity index (χ4n) is 2.86. The van der Waals surface area contributed by atoms with E-state index in [2.05, 4.69) is 41.5 Å². The summed E-state index contributed by atoms with van der Waals surface area (Å²) in [5.74, 6) is 0. The van der Waals surface area contributed by atoms with Gasteiger partial charge in [0.1, 0.15) is 5.01 Å². The fraction of sp³-hybridized carbons (Fsp3) is 0.500. The monoisotopic (exact) mass is 332 g/mol. The van der Waals surface area contributed by atoms with E-state index in [9.17, 15) is 5.11 Å². The minimum atomic E-state index is -0.0251. The molecule has 1 aliphatic heterocycles. The van der Waals surface area contributed by atoms with Crippen LogP contribution in [0.3, 0.4) is 0 Å². The number of aryl methyl sites for hydroxylation is 1. The first-order valence-electron chi connectivity index (χ1n) is 8.12. The van der Waals surface area contributed by atoms with E-state index < -0.39 is 0 Å². The lowest BCUT2D eigenvalue weighted by atomic mass is 9.81. The van der Waals surface area contributed by atoms with Gasteiger partial charge in [-0.15, -0.1) is 11.3 Å². The molecule has 2 aromatic rings. The number of nitrogens with zero attached hydrogens (tertiary/aromatic N) is 1. The van der Waals surface area contributed by atoms with Crippen molar-refractivity contribution in [1.82, 2.24) is 10.3 Å². The van der Waals surface area contributed by atoms with Gasteiger partial charge in [-0.25, -0.2) is 4.98 Å². The third kappa shape index (κ3) is 4.18. The van der Waals surface area contributed by atoms with Crippen molar-refractivity contribution in [2.24, 2.45) is 5.41 Å². The Bertz CT molecular complexity index is 618. The van der Waals surface area contributed by atoms with E-state index in [0.717, 1.165) is 44.2 Å². The summed E-state index contributed by atoms with van der Waals surface area (Å²) in [6.07, 6.45) is 3.80. The first-order valence-corrected chi connectivity index (χ1v) is 8.94. The maximum absolute atomic E-state index is 9.71. The third-order valence-electron chi connectivity index (χ3n) is 4.54. The van der Waals surface area contributed by atoms with E-state index in [1.807, 2.05) is 6.20 Å². The summed E-state index contributed by atoms with van der Waals surface area (Å²) in [5, 5.41) is 14.3. The SMILES string of the molecule is Cc1ccc(-c2ncc(CNCC3(CO)CCOCC3)s2)cc1. The molecule has 0 amide bonds. The van der Waals surface area contributed by atoms with Crippen LogP contribution < -0.4 is 5.32 Å². The van der Waals surface area contributed by atoms with Gasteiger partial charge < -0.3 is 15.2 Å². The largest absolute Gasteiger partial charge is 0.396 e. The molecule has 0 aliphatic carbocycles. The zero-order valence-corrected chi connectivity index (χ0v) is 14.4. The van der Waals surface area contributed by atoms with Crippen molar-refractivity contribution >= 4 is 11.3 Å². The van der Waals surface area contributed by atoms with Crippen molar-refractivity contribution in [2.45, 2.75) is 26.3 Å². The Hall–Kier alpha value is -1.27. The maximum atomic E-state index is 9.71. The highest BCUT2D eigenvalue weighted by Gasteiger charge is 2.31. The Labute approximate surface area is 141 Å². The van der Waals surface area contributed by atoms with Crippen LogP contribution in [0.15, 0.2) is 30.5 Å². The number of hydrogen-bond donors (Lipinski definition) is 2. The first-order chi connectivity index (χ1) is 11.2. The van der Waals surface area contributed by atoms with Gasteiger partial charge >= 0.3 is 0 Å². The third-order valence-corrected chi connectivity index (χ3v) is 5.59. The molecule has 1 aromatic carbocycles.